The van der Waals surface area contributed by atoms with E-state index in [2.05, 4.69) is 5.32 Å². The topological polar surface area (TPSA) is 69.6 Å². The zero-order chi connectivity index (χ0) is 12.1. The molecule has 1 saturated carbocycles. The predicted molar refractivity (Wildman–Crippen MR) is 60.2 cm³/mol. The number of rotatable bonds is 5. The number of aliphatic carboxylic acids is 1. The van der Waals surface area contributed by atoms with E-state index in [0.29, 0.717) is 12.5 Å². The molecule has 5 heteroatoms. The molecular weight excluding hydrogens is 208 g/mol. The van der Waals surface area contributed by atoms with Crippen LogP contribution >= 0.6 is 0 Å². The third kappa shape index (κ3) is 3.40. The highest BCUT2D eigenvalue weighted by Gasteiger charge is 2.24. The first-order valence-corrected chi connectivity index (χ1v) is 5.82. The average Bonchev–Trinajstić information content (AvgIpc) is 2.15. The largest absolute Gasteiger partial charge is 0.480 e. The number of hydrogen-bond acceptors (Lipinski definition) is 2. The van der Waals surface area contributed by atoms with E-state index in [1.165, 1.54) is 26.2 Å². The second-order valence-corrected chi connectivity index (χ2v) is 4.34. The highest BCUT2D eigenvalue weighted by molar-refractivity contribution is 5.82. The molecule has 2 N–H and O–H groups in total. The van der Waals surface area contributed by atoms with Crippen LogP contribution in [-0.2, 0) is 4.79 Å². The molecule has 1 fully saturated rings. The number of amides is 2. The van der Waals surface area contributed by atoms with Gasteiger partial charge in [-0.2, -0.15) is 0 Å². The van der Waals surface area contributed by atoms with E-state index in [9.17, 15) is 9.59 Å². The molecule has 0 saturated heterocycles. The van der Waals surface area contributed by atoms with Crippen molar-refractivity contribution in [3.63, 3.8) is 0 Å². The smallest absolute Gasteiger partial charge is 0.325 e. The van der Waals surface area contributed by atoms with E-state index >= 15 is 0 Å². The number of carbonyl (C=O) groups is 2. The minimum atomic E-state index is -1.01. The number of nitrogens with zero attached hydrogens (tertiary/aromatic N) is 1. The molecule has 0 bridgehead atoms. The number of urea groups is 1. The van der Waals surface area contributed by atoms with E-state index in [-0.39, 0.29) is 6.03 Å². The Balaban J connectivity index is 2.38. The molecule has 0 spiro atoms. The molecule has 0 aromatic heterocycles. The summed E-state index contributed by atoms with van der Waals surface area (Å²) in [6, 6.07) is -1.10. The van der Waals surface area contributed by atoms with Gasteiger partial charge in [-0.25, -0.2) is 4.79 Å². The van der Waals surface area contributed by atoms with Crippen LogP contribution in [0.2, 0.25) is 0 Å². The average molecular weight is 228 g/mol. The summed E-state index contributed by atoms with van der Waals surface area (Å²) in [5, 5.41) is 11.2. The van der Waals surface area contributed by atoms with Crippen LogP contribution in [0.1, 0.15) is 33.1 Å². The quantitative estimate of drug-likeness (QED) is 0.745. The van der Waals surface area contributed by atoms with Gasteiger partial charge in [-0.15, -0.1) is 0 Å². The van der Waals surface area contributed by atoms with Gasteiger partial charge in [0.15, 0.2) is 0 Å². The molecule has 0 unspecified atom stereocenters. The lowest BCUT2D eigenvalue weighted by molar-refractivity contribution is -0.138. The lowest BCUT2D eigenvalue weighted by atomic mass is 9.85. The van der Waals surface area contributed by atoms with Crippen molar-refractivity contribution in [2.45, 2.75) is 39.2 Å². The molecule has 0 aromatic rings. The van der Waals surface area contributed by atoms with E-state index in [4.69, 9.17) is 5.11 Å². The summed E-state index contributed by atoms with van der Waals surface area (Å²) in [7, 11) is 0. The number of carboxylic acid groups (broad SMARTS) is 1. The lowest BCUT2D eigenvalue weighted by Gasteiger charge is -2.32. The van der Waals surface area contributed by atoms with Crippen LogP contribution in [0.3, 0.4) is 0 Å². The predicted octanol–water partition coefficient (Wildman–Crippen LogP) is 1.29. The molecule has 92 valence electrons. The maximum atomic E-state index is 11.7. The summed E-state index contributed by atoms with van der Waals surface area (Å²) in [4.78, 5) is 24.0. The van der Waals surface area contributed by atoms with Crippen molar-refractivity contribution in [3.8, 4) is 0 Å². The molecule has 2 amide bonds. The first-order chi connectivity index (χ1) is 7.54. The maximum Gasteiger partial charge on any atom is 0.325 e. The zero-order valence-electron chi connectivity index (χ0n) is 9.90. The van der Waals surface area contributed by atoms with Gasteiger partial charge >= 0.3 is 12.0 Å². The number of nitrogens with one attached hydrogen (secondary N) is 1. The Morgan fingerprint density at radius 3 is 2.50 bits per heavy atom. The molecule has 0 radical (unpaired) electrons. The summed E-state index contributed by atoms with van der Waals surface area (Å²) in [5.74, 6) is -0.404. The Bertz CT molecular complexity index is 264. The zero-order valence-corrected chi connectivity index (χ0v) is 9.90. The number of carbonyl (C=O) groups excluding carboxylic acids is 1. The molecule has 0 aromatic carbocycles. The Kier molecular flexibility index (Phi) is 4.58. The minimum absolute atomic E-state index is 0.274. The van der Waals surface area contributed by atoms with Crippen molar-refractivity contribution in [1.82, 2.24) is 10.2 Å². The number of hydrogen-bond donors (Lipinski definition) is 2. The summed E-state index contributed by atoms with van der Waals surface area (Å²) < 4.78 is 0. The fourth-order valence-electron chi connectivity index (χ4n) is 1.68. The lowest BCUT2D eigenvalue weighted by Crippen LogP contribution is -2.48. The van der Waals surface area contributed by atoms with Gasteiger partial charge < -0.3 is 15.3 Å². The second kappa shape index (κ2) is 5.72. The SMILES string of the molecule is CCN(CC1CCC1)C(=O)N[C@H](C)C(=O)O. The highest BCUT2D eigenvalue weighted by Crippen LogP contribution is 2.26. The van der Waals surface area contributed by atoms with Gasteiger partial charge in [0.2, 0.25) is 0 Å². The van der Waals surface area contributed by atoms with Gasteiger partial charge in [0.1, 0.15) is 6.04 Å². The molecule has 0 aliphatic heterocycles. The standard InChI is InChI=1S/C11H20N2O3/c1-3-13(7-9-5-4-6-9)11(16)12-8(2)10(14)15/h8-9H,3-7H2,1-2H3,(H,12,16)(H,14,15)/t8-/m1/s1. The van der Waals surface area contributed by atoms with Gasteiger partial charge in [-0.3, -0.25) is 4.79 Å². The molecule has 0 heterocycles. The minimum Gasteiger partial charge on any atom is -0.480 e. The van der Waals surface area contributed by atoms with Gasteiger partial charge in [-0.05, 0) is 32.6 Å². The first kappa shape index (κ1) is 12.8. The molecule has 1 aliphatic carbocycles. The molecule has 1 atom stereocenters. The summed E-state index contributed by atoms with van der Waals surface area (Å²) >= 11 is 0. The Morgan fingerprint density at radius 1 is 1.50 bits per heavy atom. The second-order valence-electron chi connectivity index (χ2n) is 4.34. The Morgan fingerprint density at radius 2 is 2.12 bits per heavy atom. The summed E-state index contributed by atoms with van der Waals surface area (Å²) in [6.07, 6.45) is 3.60. The van der Waals surface area contributed by atoms with Crippen LogP contribution in [0.15, 0.2) is 0 Å². The highest BCUT2D eigenvalue weighted by atomic mass is 16.4. The van der Waals surface area contributed by atoms with Gasteiger partial charge in [0.05, 0.1) is 0 Å². The molecule has 5 nitrogen and oxygen atoms in total. The Labute approximate surface area is 95.8 Å². The molecular formula is C11H20N2O3. The van der Waals surface area contributed by atoms with Crippen LogP contribution in [0.4, 0.5) is 4.79 Å². The van der Waals surface area contributed by atoms with E-state index in [1.807, 2.05) is 6.92 Å². The van der Waals surface area contributed by atoms with Crippen molar-refractivity contribution < 1.29 is 14.7 Å². The van der Waals surface area contributed by atoms with Crippen molar-refractivity contribution >= 4 is 12.0 Å². The maximum absolute atomic E-state index is 11.7. The number of carboxylic acids is 1. The van der Waals surface area contributed by atoms with Crippen molar-refractivity contribution in [3.05, 3.63) is 0 Å². The first-order valence-electron chi connectivity index (χ1n) is 5.82. The van der Waals surface area contributed by atoms with Crippen molar-refractivity contribution in [1.29, 1.82) is 0 Å². The van der Waals surface area contributed by atoms with Gasteiger partial charge in [0, 0.05) is 13.1 Å². The fraction of sp³-hybridized carbons (Fsp3) is 0.818. The van der Waals surface area contributed by atoms with Gasteiger partial charge in [0.25, 0.3) is 0 Å². The van der Waals surface area contributed by atoms with Crippen LogP contribution in [0, 0.1) is 5.92 Å². The van der Waals surface area contributed by atoms with Crippen LogP contribution < -0.4 is 5.32 Å². The van der Waals surface area contributed by atoms with Gasteiger partial charge in [-0.1, -0.05) is 6.42 Å². The third-order valence-electron chi connectivity index (χ3n) is 3.08. The van der Waals surface area contributed by atoms with Crippen LogP contribution in [0.5, 0.6) is 0 Å². The van der Waals surface area contributed by atoms with Crippen molar-refractivity contribution in [2.24, 2.45) is 5.92 Å². The molecule has 16 heavy (non-hydrogen) atoms. The monoisotopic (exact) mass is 228 g/mol. The third-order valence-corrected chi connectivity index (χ3v) is 3.08. The van der Waals surface area contributed by atoms with Crippen LogP contribution in [0.25, 0.3) is 0 Å². The fourth-order valence-corrected chi connectivity index (χ4v) is 1.68. The molecule has 1 rings (SSSR count). The van der Waals surface area contributed by atoms with Crippen LogP contribution in [-0.4, -0.2) is 41.1 Å². The van der Waals surface area contributed by atoms with E-state index in [1.54, 1.807) is 4.90 Å². The summed E-state index contributed by atoms with van der Waals surface area (Å²) in [6.45, 7) is 4.74. The van der Waals surface area contributed by atoms with Crippen molar-refractivity contribution in [2.75, 3.05) is 13.1 Å². The summed E-state index contributed by atoms with van der Waals surface area (Å²) in [5.41, 5.74) is 0. The van der Waals surface area contributed by atoms with E-state index in [0.717, 1.165) is 6.54 Å². The Hall–Kier alpha value is -1.26. The molecule has 1 aliphatic rings. The normalized spacial score (nSPS) is 17.4. The van der Waals surface area contributed by atoms with E-state index < -0.39 is 12.0 Å².